The third-order valence-electron chi connectivity index (χ3n) is 7.56. The number of anilines is 1. The number of benzene rings is 1. The van der Waals surface area contributed by atoms with E-state index in [2.05, 4.69) is 34.5 Å². The minimum Gasteiger partial charge on any atom is -0.488 e. The predicted molar refractivity (Wildman–Crippen MR) is 147 cm³/mol. The molecule has 38 heavy (non-hydrogen) atoms. The summed E-state index contributed by atoms with van der Waals surface area (Å²) in [4.78, 5) is 34.0. The van der Waals surface area contributed by atoms with Crippen LogP contribution in [0, 0.1) is 5.92 Å². The maximum absolute atomic E-state index is 13.4. The Balaban J connectivity index is 1.54. The molecular weight excluding hydrogens is 482 g/mol. The molecule has 1 aliphatic heterocycles. The molecule has 0 saturated heterocycles. The predicted octanol–water partition coefficient (Wildman–Crippen LogP) is 3.43. The molecule has 206 valence electrons. The third kappa shape index (κ3) is 7.45. The first-order valence-corrected chi connectivity index (χ1v) is 13.7. The lowest BCUT2D eigenvalue weighted by atomic mass is 10.0. The number of nitrogens with zero attached hydrogens (tertiary/aromatic N) is 3. The van der Waals surface area contributed by atoms with Crippen LogP contribution < -0.4 is 15.4 Å². The van der Waals surface area contributed by atoms with Gasteiger partial charge in [-0.2, -0.15) is 0 Å². The van der Waals surface area contributed by atoms with Crippen molar-refractivity contribution in [2.24, 2.45) is 5.92 Å². The molecule has 2 aromatic rings. The first-order valence-electron chi connectivity index (χ1n) is 13.7. The number of rotatable bonds is 8. The van der Waals surface area contributed by atoms with E-state index < -0.39 is 0 Å². The van der Waals surface area contributed by atoms with Crippen LogP contribution in [0.2, 0.25) is 0 Å². The quantitative estimate of drug-likeness (QED) is 0.490. The van der Waals surface area contributed by atoms with Crippen LogP contribution in [0.5, 0.6) is 5.75 Å². The number of urea groups is 1. The van der Waals surface area contributed by atoms with Gasteiger partial charge in [0.1, 0.15) is 11.9 Å². The maximum atomic E-state index is 13.4. The van der Waals surface area contributed by atoms with Gasteiger partial charge in [0.2, 0.25) is 5.91 Å². The summed E-state index contributed by atoms with van der Waals surface area (Å²) in [5.74, 6) is 0.600. The number of carbonyl (C=O) groups excluding carboxylic acids is 2. The molecule has 3 N–H and O–H groups in total. The van der Waals surface area contributed by atoms with E-state index in [1.54, 1.807) is 17.3 Å². The SMILES string of the molecule is CC1CN([C@@H](C)CO)C(=O)Cc2cc(NC(=O)NC3CCCC3)ccc2OC1CN(C)Cc1ccncc1. The smallest absolute Gasteiger partial charge is 0.319 e. The number of nitrogens with one attached hydrogen (secondary N) is 2. The van der Waals surface area contributed by atoms with Gasteiger partial charge in [0.15, 0.2) is 0 Å². The number of hydrogen-bond acceptors (Lipinski definition) is 6. The lowest BCUT2D eigenvalue weighted by molar-refractivity contribution is -0.134. The van der Waals surface area contributed by atoms with Crippen LogP contribution in [-0.2, 0) is 17.8 Å². The fourth-order valence-electron chi connectivity index (χ4n) is 5.32. The van der Waals surface area contributed by atoms with Crippen molar-refractivity contribution in [2.45, 2.75) is 70.7 Å². The minimum atomic E-state index is -0.305. The van der Waals surface area contributed by atoms with Crippen molar-refractivity contribution in [1.82, 2.24) is 20.1 Å². The summed E-state index contributed by atoms with van der Waals surface area (Å²) in [6.07, 6.45) is 7.82. The van der Waals surface area contributed by atoms with E-state index in [0.29, 0.717) is 24.5 Å². The number of aliphatic hydroxyl groups excluding tert-OH is 1. The normalized spacial score (nSPS) is 21.2. The second kappa shape index (κ2) is 13.1. The largest absolute Gasteiger partial charge is 0.488 e. The summed E-state index contributed by atoms with van der Waals surface area (Å²) >= 11 is 0. The highest BCUT2D eigenvalue weighted by atomic mass is 16.5. The van der Waals surface area contributed by atoms with E-state index >= 15 is 0 Å². The van der Waals surface area contributed by atoms with Crippen molar-refractivity contribution >= 4 is 17.6 Å². The standard InChI is InChI=1S/C29H41N5O4/c1-20-16-34(21(2)19-35)28(36)15-23-14-25(32-29(37)31-24-6-4-5-7-24)8-9-26(23)38-27(20)18-33(3)17-22-10-12-30-13-11-22/h8-14,20-21,24,27,35H,4-7,15-19H2,1-3H3,(H2,31,32,37)/t20?,21-,27?/m0/s1. The monoisotopic (exact) mass is 523 g/mol. The van der Waals surface area contributed by atoms with Crippen LogP contribution in [0.25, 0.3) is 0 Å². The Morgan fingerprint density at radius 1 is 1.24 bits per heavy atom. The van der Waals surface area contributed by atoms with E-state index in [4.69, 9.17) is 4.74 Å². The van der Waals surface area contributed by atoms with Crippen molar-refractivity contribution in [3.8, 4) is 5.75 Å². The molecule has 3 atom stereocenters. The summed E-state index contributed by atoms with van der Waals surface area (Å²) in [7, 11) is 2.05. The first kappa shape index (κ1) is 27.9. The Kier molecular flexibility index (Phi) is 9.58. The number of aromatic nitrogens is 1. The number of ether oxygens (including phenoxy) is 1. The molecule has 1 aliphatic carbocycles. The van der Waals surface area contributed by atoms with Gasteiger partial charge in [0.05, 0.1) is 19.1 Å². The topological polar surface area (TPSA) is 107 Å². The number of amides is 3. The van der Waals surface area contributed by atoms with Gasteiger partial charge in [-0.3, -0.25) is 14.7 Å². The van der Waals surface area contributed by atoms with Crippen LogP contribution in [0.15, 0.2) is 42.7 Å². The number of likely N-dealkylation sites (N-methyl/N-ethyl adjacent to an activating group) is 1. The van der Waals surface area contributed by atoms with Gasteiger partial charge in [0, 0.05) is 55.2 Å². The second-order valence-corrected chi connectivity index (χ2v) is 10.8. The Labute approximate surface area is 225 Å². The van der Waals surface area contributed by atoms with Gasteiger partial charge < -0.3 is 25.4 Å². The maximum Gasteiger partial charge on any atom is 0.319 e. The molecule has 9 nitrogen and oxygen atoms in total. The summed E-state index contributed by atoms with van der Waals surface area (Å²) in [5.41, 5.74) is 2.51. The van der Waals surface area contributed by atoms with Crippen LogP contribution in [-0.4, -0.2) is 76.8 Å². The molecule has 1 aromatic carbocycles. The fraction of sp³-hybridized carbons (Fsp3) is 0.552. The van der Waals surface area contributed by atoms with Gasteiger partial charge in [-0.05, 0) is 62.7 Å². The summed E-state index contributed by atoms with van der Waals surface area (Å²) in [5, 5.41) is 15.8. The third-order valence-corrected chi connectivity index (χ3v) is 7.56. The molecule has 1 fully saturated rings. The average molecular weight is 524 g/mol. The molecule has 2 aliphatic rings. The van der Waals surface area contributed by atoms with Crippen molar-refractivity contribution < 1.29 is 19.4 Å². The number of aliphatic hydroxyl groups is 1. The molecule has 2 heterocycles. The highest BCUT2D eigenvalue weighted by Crippen LogP contribution is 2.29. The summed E-state index contributed by atoms with van der Waals surface area (Å²) in [6, 6.07) is 9.18. The van der Waals surface area contributed by atoms with Crippen LogP contribution >= 0.6 is 0 Å². The second-order valence-electron chi connectivity index (χ2n) is 10.8. The molecular formula is C29H41N5O4. The molecule has 0 bridgehead atoms. The van der Waals surface area contributed by atoms with Crippen LogP contribution in [0.3, 0.4) is 0 Å². The van der Waals surface area contributed by atoms with E-state index in [0.717, 1.165) is 43.4 Å². The molecule has 0 spiro atoms. The van der Waals surface area contributed by atoms with E-state index in [1.165, 1.54) is 0 Å². The van der Waals surface area contributed by atoms with E-state index in [1.807, 2.05) is 37.3 Å². The molecule has 0 radical (unpaired) electrons. The van der Waals surface area contributed by atoms with E-state index in [9.17, 15) is 14.7 Å². The highest BCUT2D eigenvalue weighted by Gasteiger charge is 2.31. The van der Waals surface area contributed by atoms with Crippen molar-refractivity contribution in [1.29, 1.82) is 0 Å². The Morgan fingerprint density at radius 2 is 1.97 bits per heavy atom. The molecule has 4 rings (SSSR count). The molecule has 1 aromatic heterocycles. The Bertz CT molecular complexity index is 1080. The summed E-state index contributed by atoms with van der Waals surface area (Å²) < 4.78 is 6.59. The van der Waals surface area contributed by atoms with Gasteiger partial charge in [-0.25, -0.2) is 4.79 Å². The lowest BCUT2D eigenvalue weighted by Crippen LogP contribution is -2.47. The number of pyridine rings is 1. The Morgan fingerprint density at radius 3 is 2.68 bits per heavy atom. The minimum absolute atomic E-state index is 0.0220. The Hall–Kier alpha value is -3.17. The zero-order valence-corrected chi connectivity index (χ0v) is 22.7. The van der Waals surface area contributed by atoms with Crippen molar-refractivity contribution in [3.05, 3.63) is 53.9 Å². The number of fused-ring (bicyclic) bond motifs is 1. The fourth-order valence-corrected chi connectivity index (χ4v) is 5.32. The zero-order valence-electron chi connectivity index (χ0n) is 22.7. The molecule has 1 saturated carbocycles. The van der Waals surface area contributed by atoms with Crippen molar-refractivity contribution in [3.63, 3.8) is 0 Å². The van der Waals surface area contributed by atoms with Crippen LogP contribution in [0.1, 0.15) is 50.7 Å². The highest BCUT2D eigenvalue weighted by molar-refractivity contribution is 5.90. The van der Waals surface area contributed by atoms with Gasteiger partial charge in [0.25, 0.3) is 0 Å². The van der Waals surface area contributed by atoms with Gasteiger partial charge >= 0.3 is 6.03 Å². The van der Waals surface area contributed by atoms with Crippen molar-refractivity contribution in [2.75, 3.05) is 32.1 Å². The zero-order chi connectivity index (χ0) is 27.1. The molecule has 2 unspecified atom stereocenters. The number of carbonyl (C=O) groups is 2. The average Bonchev–Trinajstić information content (AvgIpc) is 3.41. The molecule has 3 amide bonds. The van der Waals surface area contributed by atoms with E-state index in [-0.39, 0.29) is 49.1 Å². The molecule has 9 heteroatoms. The van der Waals surface area contributed by atoms with Gasteiger partial charge in [-0.1, -0.05) is 19.8 Å². The number of hydrogen-bond donors (Lipinski definition) is 3. The lowest BCUT2D eigenvalue weighted by Gasteiger charge is -2.34. The van der Waals surface area contributed by atoms with Gasteiger partial charge in [-0.15, -0.1) is 0 Å². The van der Waals surface area contributed by atoms with Crippen LogP contribution in [0.4, 0.5) is 10.5 Å². The summed E-state index contributed by atoms with van der Waals surface area (Å²) in [6.45, 7) is 5.72. The first-order chi connectivity index (χ1) is 18.3.